The number of carbonyl (C=O) groups is 1. The van der Waals surface area contributed by atoms with E-state index in [1.165, 1.54) is 22.3 Å². The van der Waals surface area contributed by atoms with Crippen LogP contribution in [0.1, 0.15) is 21.5 Å². The lowest BCUT2D eigenvalue weighted by Crippen LogP contribution is -2.28. The van der Waals surface area contributed by atoms with Crippen LogP contribution in [0.15, 0.2) is 48.7 Å². The average Bonchev–Trinajstić information content (AvgIpc) is 3.22. The first-order valence-electron chi connectivity index (χ1n) is 6.83. The van der Waals surface area contributed by atoms with E-state index >= 15 is 0 Å². The maximum Gasteiger partial charge on any atom is 0.273 e. The van der Waals surface area contributed by atoms with Gasteiger partial charge in [0.2, 0.25) is 0 Å². The van der Waals surface area contributed by atoms with Crippen molar-refractivity contribution in [2.24, 2.45) is 0 Å². The Labute approximate surface area is 141 Å². The smallest absolute Gasteiger partial charge is 0.273 e. The van der Waals surface area contributed by atoms with E-state index in [0.29, 0.717) is 9.21 Å². The Morgan fingerprint density at radius 2 is 2.09 bits per heavy atom. The van der Waals surface area contributed by atoms with Crippen LogP contribution in [0.25, 0.3) is 5.69 Å². The first-order chi connectivity index (χ1) is 11.1. The van der Waals surface area contributed by atoms with Gasteiger partial charge in [-0.05, 0) is 24.3 Å². The summed E-state index contributed by atoms with van der Waals surface area (Å²) >= 11 is 7.10. The van der Waals surface area contributed by atoms with Gasteiger partial charge in [0.15, 0.2) is 5.69 Å². The summed E-state index contributed by atoms with van der Waals surface area (Å²) in [5.74, 6) is -0.395. The van der Waals surface area contributed by atoms with Gasteiger partial charge in [0.25, 0.3) is 5.91 Å². The Morgan fingerprint density at radius 3 is 2.78 bits per heavy atom. The van der Waals surface area contributed by atoms with E-state index in [1.54, 1.807) is 12.1 Å². The van der Waals surface area contributed by atoms with Crippen LogP contribution in [0.3, 0.4) is 0 Å². The number of amides is 1. The number of thiophene rings is 1. The number of para-hydroxylation sites is 1. The highest BCUT2D eigenvalue weighted by atomic mass is 35.5. The molecular formula is C15H13ClN4O2S. The van der Waals surface area contributed by atoms with Gasteiger partial charge in [-0.2, -0.15) is 9.90 Å². The number of hydrogen-bond acceptors (Lipinski definition) is 5. The summed E-state index contributed by atoms with van der Waals surface area (Å²) in [5.41, 5.74) is 0.949. The molecule has 3 rings (SSSR count). The highest BCUT2D eigenvalue weighted by Gasteiger charge is 2.15. The standard InChI is InChI=1S/C15H13ClN4O2S/c16-14-7-6-13(23-14)12(21)9-17-15(22)11-8-18-20(19-11)10-4-2-1-3-5-10/h1-8,12,21H,9H2,(H,17,22). The predicted molar refractivity (Wildman–Crippen MR) is 88.0 cm³/mol. The van der Waals surface area contributed by atoms with E-state index in [9.17, 15) is 9.90 Å². The second-order valence-corrected chi connectivity index (χ2v) is 6.47. The molecule has 0 spiro atoms. The normalized spacial score (nSPS) is 12.1. The molecule has 6 nitrogen and oxygen atoms in total. The van der Waals surface area contributed by atoms with Crippen LogP contribution in [0.5, 0.6) is 0 Å². The Morgan fingerprint density at radius 1 is 1.30 bits per heavy atom. The number of carbonyl (C=O) groups excluding carboxylic acids is 1. The highest BCUT2D eigenvalue weighted by Crippen LogP contribution is 2.26. The molecule has 1 aromatic carbocycles. The van der Waals surface area contributed by atoms with E-state index in [0.717, 1.165) is 5.69 Å². The van der Waals surface area contributed by atoms with E-state index in [4.69, 9.17) is 11.6 Å². The molecule has 2 heterocycles. The highest BCUT2D eigenvalue weighted by molar-refractivity contribution is 7.16. The van der Waals surface area contributed by atoms with E-state index < -0.39 is 12.0 Å². The molecule has 8 heteroatoms. The summed E-state index contributed by atoms with van der Waals surface area (Å²) in [6, 6.07) is 12.7. The van der Waals surface area contributed by atoms with Crippen molar-refractivity contribution in [3.05, 3.63) is 63.6 Å². The maximum absolute atomic E-state index is 12.1. The van der Waals surface area contributed by atoms with Crippen molar-refractivity contribution >= 4 is 28.8 Å². The van der Waals surface area contributed by atoms with Crippen molar-refractivity contribution in [1.82, 2.24) is 20.3 Å². The molecule has 0 saturated carbocycles. The van der Waals surface area contributed by atoms with Crippen LogP contribution < -0.4 is 5.32 Å². The number of hydrogen-bond donors (Lipinski definition) is 2. The lowest BCUT2D eigenvalue weighted by molar-refractivity contribution is 0.0912. The quantitative estimate of drug-likeness (QED) is 0.742. The summed E-state index contributed by atoms with van der Waals surface area (Å²) in [7, 11) is 0. The van der Waals surface area contributed by atoms with Gasteiger partial charge in [-0.25, -0.2) is 0 Å². The van der Waals surface area contributed by atoms with Gasteiger partial charge in [0.05, 0.1) is 16.2 Å². The zero-order chi connectivity index (χ0) is 16.2. The van der Waals surface area contributed by atoms with Crippen molar-refractivity contribution in [1.29, 1.82) is 0 Å². The molecule has 1 amide bonds. The number of halogens is 1. The van der Waals surface area contributed by atoms with Crippen LogP contribution in [0.4, 0.5) is 0 Å². The van der Waals surface area contributed by atoms with E-state index in [2.05, 4.69) is 15.5 Å². The minimum absolute atomic E-state index is 0.0773. The number of nitrogens with one attached hydrogen (secondary N) is 1. The van der Waals surface area contributed by atoms with Gasteiger partial charge in [0, 0.05) is 11.4 Å². The lowest BCUT2D eigenvalue weighted by atomic mass is 10.3. The van der Waals surface area contributed by atoms with Crippen LogP contribution in [0.2, 0.25) is 4.34 Å². The molecule has 0 saturated heterocycles. The second kappa shape index (κ2) is 6.91. The molecule has 1 unspecified atom stereocenters. The SMILES string of the molecule is O=C(NCC(O)c1ccc(Cl)s1)c1cnn(-c2ccccc2)n1. The lowest BCUT2D eigenvalue weighted by Gasteiger charge is -2.08. The molecule has 0 fully saturated rings. The molecule has 0 bridgehead atoms. The Balaban J connectivity index is 1.62. The molecule has 23 heavy (non-hydrogen) atoms. The fourth-order valence-corrected chi connectivity index (χ4v) is 2.99. The van der Waals surface area contributed by atoms with E-state index in [-0.39, 0.29) is 12.2 Å². The summed E-state index contributed by atoms with van der Waals surface area (Å²) in [5, 5.41) is 20.8. The summed E-state index contributed by atoms with van der Waals surface area (Å²) in [6.07, 6.45) is 0.581. The molecule has 0 aliphatic heterocycles. The van der Waals surface area contributed by atoms with Gasteiger partial charge in [-0.1, -0.05) is 29.8 Å². The Kier molecular flexibility index (Phi) is 4.71. The van der Waals surface area contributed by atoms with E-state index in [1.807, 2.05) is 30.3 Å². The predicted octanol–water partition coefficient (Wildman–Crippen LogP) is 2.45. The van der Waals surface area contributed by atoms with Crippen molar-refractivity contribution in [3.8, 4) is 5.69 Å². The van der Waals surface area contributed by atoms with Gasteiger partial charge >= 0.3 is 0 Å². The fourth-order valence-electron chi connectivity index (χ4n) is 1.94. The third-order valence-electron chi connectivity index (χ3n) is 3.09. The topological polar surface area (TPSA) is 80.0 Å². The molecule has 3 aromatic rings. The van der Waals surface area contributed by atoms with Crippen LogP contribution in [-0.2, 0) is 0 Å². The first kappa shape index (κ1) is 15.7. The fraction of sp³-hybridized carbons (Fsp3) is 0.133. The minimum Gasteiger partial charge on any atom is -0.386 e. The van der Waals surface area contributed by atoms with Gasteiger partial charge in [-0.15, -0.1) is 16.4 Å². The van der Waals surface area contributed by atoms with Crippen LogP contribution >= 0.6 is 22.9 Å². The summed E-state index contributed by atoms with van der Waals surface area (Å²) in [6.45, 7) is 0.0773. The minimum atomic E-state index is -0.805. The van der Waals surface area contributed by atoms with Gasteiger partial charge in [-0.3, -0.25) is 4.79 Å². The number of rotatable bonds is 5. The van der Waals surface area contributed by atoms with Crippen molar-refractivity contribution in [3.63, 3.8) is 0 Å². The summed E-state index contributed by atoms with van der Waals surface area (Å²) < 4.78 is 0.594. The second-order valence-electron chi connectivity index (χ2n) is 4.72. The largest absolute Gasteiger partial charge is 0.386 e. The monoisotopic (exact) mass is 348 g/mol. The first-order valence-corrected chi connectivity index (χ1v) is 8.02. The van der Waals surface area contributed by atoms with Crippen molar-refractivity contribution in [2.75, 3.05) is 6.54 Å². The zero-order valence-electron chi connectivity index (χ0n) is 11.9. The van der Waals surface area contributed by atoms with Gasteiger partial charge in [0.1, 0.15) is 6.10 Å². The maximum atomic E-state index is 12.1. The Hall–Kier alpha value is -2.22. The number of aliphatic hydroxyl groups is 1. The molecular weight excluding hydrogens is 336 g/mol. The third kappa shape index (κ3) is 3.76. The van der Waals surface area contributed by atoms with Crippen LogP contribution in [-0.4, -0.2) is 32.6 Å². The number of nitrogens with zero attached hydrogens (tertiary/aromatic N) is 3. The molecule has 0 aliphatic rings. The van der Waals surface area contributed by atoms with Crippen molar-refractivity contribution in [2.45, 2.75) is 6.10 Å². The molecule has 0 aliphatic carbocycles. The Bertz CT molecular complexity index is 803. The van der Waals surface area contributed by atoms with Crippen LogP contribution in [0, 0.1) is 0 Å². The summed E-state index contributed by atoms with van der Waals surface area (Å²) in [4.78, 5) is 14.1. The molecule has 118 valence electrons. The number of aliphatic hydroxyl groups excluding tert-OH is 1. The third-order valence-corrected chi connectivity index (χ3v) is 4.42. The molecule has 0 radical (unpaired) electrons. The molecule has 1 atom stereocenters. The number of benzene rings is 1. The zero-order valence-corrected chi connectivity index (χ0v) is 13.5. The van der Waals surface area contributed by atoms with Gasteiger partial charge < -0.3 is 10.4 Å². The molecule has 2 aromatic heterocycles. The van der Waals surface area contributed by atoms with Crippen molar-refractivity contribution < 1.29 is 9.90 Å². The average molecular weight is 349 g/mol. The number of aromatic nitrogens is 3. The molecule has 2 N–H and O–H groups in total.